The predicted molar refractivity (Wildman–Crippen MR) is 104 cm³/mol. The van der Waals surface area contributed by atoms with Crippen LogP contribution >= 0.6 is 27.5 Å². The van der Waals surface area contributed by atoms with Crippen LogP contribution in [0, 0.1) is 0 Å². The number of hydrogen-bond acceptors (Lipinski definition) is 4. The van der Waals surface area contributed by atoms with Crippen LogP contribution in [0.25, 0.3) is 0 Å². The van der Waals surface area contributed by atoms with Crippen molar-refractivity contribution in [3.05, 3.63) is 63.2 Å². The molecule has 1 aliphatic heterocycles. The minimum absolute atomic E-state index is 0.223. The number of pyridine rings is 1. The van der Waals surface area contributed by atoms with Crippen LogP contribution in [0.15, 0.2) is 47.1 Å². The molecule has 1 aromatic heterocycles. The van der Waals surface area contributed by atoms with E-state index >= 15 is 0 Å². The van der Waals surface area contributed by atoms with Gasteiger partial charge in [0.1, 0.15) is 17.7 Å². The first-order valence-corrected chi connectivity index (χ1v) is 9.13. The smallest absolute Gasteiger partial charge is 0.410 e. The molecule has 2 heterocycles. The zero-order valence-electron chi connectivity index (χ0n) is 13.9. The Kier molecular flexibility index (Phi) is 5.98. The van der Waals surface area contributed by atoms with Crippen LogP contribution in [0.5, 0.6) is 5.75 Å². The van der Waals surface area contributed by atoms with E-state index in [-0.39, 0.29) is 24.4 Å². The highest BCUT2D eigenvalue weighted by Crippen LogP contribution is 2.38. The monoisotopic (exact) mass is 451 g/mol. The molecule has 7 nitrogen and oxygen atoms in total. The molecule has 0 fully saturated rings. The Labute approximate surface area is 168 Å². The van der Waals surface area contributed by atoms with E-state index in [0.717, 1.165) is 15.6 Å². The second-order valence-electron chi connectivity index (χ2n) is 5.80. The van der Waals surface area contributed by atoms with Gasteiger partial charge in [0.05, 0.1) is 5.02 Å². The van der Waals surface area contributed by atoms with Gasteiger partial charge < -0.3 is 15.2 Å². The maximum Gasteiger partial charge on any atom is 0.410 e. The van der Waals surface area contributed by atoms with E-state index in [0.29, 0.717) is 17.2 Å². The number of aromatic nitrogens is 1. The SMILES string of the molecule is O=C(O)Nc1ccc(CNC(=O)C=CC2Cc3cc(Br)cc(Cl)c3O2)cn1. The Morgan fingerprint density at radius 1 is 1.41 bits per heavy atom. The van der Waals surface area contributed by atoms with Crippen molar-refractivity contribution in [2.45, 2.75) is 19.1 Å². The van der Waals surface area contributed by atoms with Crippen molar-refractivity contribution in [2.75, 3.05) is 5.32 Å². The lowest BCUT2D eigenvalue weighted by atomic mass is 10.1. The van der Waals surface area contributed by atoms with Crippen molar-refractivity contribution in [2.24, 2.45) is 0 Å². The van der Waals surface area contributed by atoms with E-state index in [4.69, 9.17) is 21.4 Å². The lowest BCUT2D eigenvalue weighted by Crippen LogP contribution is -2.21. The number of ether oxygens (including phenoxy) is 1. The molecule has 0 saturated carbocycles. The van der Waals surface area contributed by atoms with Gasteiger partial charge in [-0.1, -0.05) is 33.6 Å². The summed E-state index contributed by atoms with van der Waals surface area (Å²) in [5, 5.41) is 14.0. The number of amides is 2. The molecule has 0 bridgehead atoms. The zero-order chi connectivity index (χ0) is 19.4. The van der Waals surface area contributed by atoms with E-state index in [1.54, 1.807) is 18.2 Å². The molecule has 9 heteroatoms. The summed E-state index contributed by atoms with van der Waals surface area (Å²) in [4.78, 5) is 26.4. The molecule has 27 heavy (non-hydrogen) atoms. The number of nitrogens with one attached hydrogen (secondary N) is 2. The number of halogens is 2. The first kappa shape index (κ1) is 19.2. The third-order valence-corrected chi connectivity index (χ3v) is 4.50. The molecular weight excluding hydrogens is 438 g/mol. The standard InChI is InChI=1S/C18H15BrClN3O4/c19-12-5-11-6-13(27-17(11)14(20)7-12)2-4-16(24)22-9-10-1-3-15(21-8-10)23-18(25)26/h1-5,7-8,13H,6,9H2,(H,21,23)(H,22,24)(H,25,26). The van der Waals surface area contributed by atoms with E-state index in [9.17, 15) is 9.59 Å². The first-order valence-electron chi connectivity index (χ1n) is 7.96. The molecule has 3 rings (SSSR count). The quantitative estimate of drug-likeness (QED) is 0.600. The summed E-state index contributed by atoms with van der Waals surface area (Å²) in [5.74, 6) is 0.603. The molecule has 1 aliphatic rings. The molecule has 3 N–H and O–H groups in total. The Morgan fingerprint density at radius 2 is 2.22 bits per heavy atom. The van der Waals surface area contributed by atoms with Crippen molar-refractivity contribution < 1.29 is 19.4 Å². The van der Waals surface area contributed by atoms with E-state index in [1.807, 2.05) is 6.07 Å². The van der Waals surface area contributed by atoms with Crippen LogP contribution in [-0.4, -0.2) is 28.2 Å². The minimum atomic E-state index is -1.18. The van der Waals surface area contributed by atoms with Crippen LogP contribution in [0.2, 0.25) is 5.02 Å². The second kappa shape index (κ2) is 8.41. The van der Waals surface area contributed by atoms with Crippen LogP contribution in [0.3, 0.4) is 0 Å². The first-order chi connectivity index (χ1) is 12.9. The number of fused-ring (bicyclic) bond motifs is 1. The van der Waals surface area contributed by atoms with Gasteiger partial charge in [0.15, 0.2) is 0 Å². The summed E-state index contributed by atoms with van der Waals surface area (Å²) in [5.41, 5.74) is 1.74. The van der Waals surface area contributed by atoms with Crippen LogP contribution in [-0.2, 0) is 17.8 Å². The summed E-state index contributed by atoms with van der Waals surface area (Å²) in [7, 11) is 0. The number of carbonyl (C=O) groups is 2. The Bertz CT molecular complexity index is 902. The maximum absolute atomic E-state index is 12.0. The summed E-state index contributed by atoms with van der Waals surface area (Å²) >= 11 is 9.55. The molecule has 0 saturated heterocycles. The van der Waals surface area contributed by atoms with Gasteiger partial charge in [-0.25, -0.2) is 9.78 Å². The molecule has 1 unspecified atom stereocenters. The van der Waals surface area contributed by atoms with E-state index in [2.05, 4.69) is 31.5 Å². The maximum atomic E-state index is 12.0. The molecule has 140 valence electrons. The number of nitrogens with zero attached hydrogens (tertiary/aromatic N) is 1. The number of carbonyl (C=O) groups excluding carboxylic acids is 1. The van der Waals surface area contributed by atoms with Gasteiger partial charge in [-0.15, -0.1) is 0 Å². The highest BCUT2D eigenvalue weighted by Gasteiger charge is 2.23. The van der Waals surface area contributed by atoms with Crippen LogP contribution in [0.4, 0.5) is 10.6 Å². The number of rotatable bonds is 5. The largest absolute Gasteiger partial charge is 0.484 e. The molecule has 2 aromatic rings. The second-order valence-corrected chi connectivity index (χ2v) is 7.12. The van der Waals surface area contributed by atoms with Gasteiger partial charge >= 0.3 is 6.09 Å². The van der Waals surface area contributed by atoms with E-state index < -0.39 is 6.09 Å². The van der Waals surface area contributed by atoms with Crippen LogP contribution < -0.4 is 15.4 Å². The third kappa shape index (κ3) is 5.21. The summed E-state index contributed by atoms with van der Waals surface area (Å²) < 4.78 is 6.65. The molecule has 0 aliphatic carbocycles. The number of carboxylic acid groups (broad SMARTS) is 1. The molecule has 1 atom stereocenters. The lowest BCUT2D eigenvalue weighted by molar-refractivity contribution is -0.116. The minimum Gasteiger partial charge on any atom is -0.484 e. The van der Waals surface area contributed by atoms with Crippen molar-refractivity contribution in [3.8, 4) is 5.75 Å². The highest BCUT2D eigenvalue weighted by molar-refractivity contribution is 9.10. The normalized spacial score (nSPS) is 15.3. The average molecular weight is 453 g/mol. The summed E-state index contributed by atoms with van der Waals surface area (Å²) in [6.45, 7) is 0.272. The van der Waals surface area contributed by atoms with E-state index in [1.165, 1.54) is 18.3 Å². The predicted octanol–water partition coefficient (Wildman–Crippen LogP) is 3.76. The summed E-state index contributed by atoms with van der Waals surface area (Å²) in [6.07, 6.45) is 3.82. The number of anilines is 1. The fourth-order valence-electron chi connectivity index (χ4n) is 2.57. The zero-order valence-corrected chi connectivity index (χ0v) is 16.3. The fraction of sp³-hybridized carbons (Fsp3) is 0.167. The Balaban J connectivity index is 1.50. The Morgan fingerprint density at radius 3 is 2.93 bits per heavy atom. The van der Waals surface area contributed by atoms with Crippen molar-refractivity contribution >= 4 is 45.3 Å². The van der Waals surface area contributed by atoms with Gasteiger partial charge in [0, 0.05) is 35.3 Å². The van der Waals surface area contributed by atoms with Crippen molar-refractivity contribution in [1.29, 1.82) is 0 Å². The van der Waals surface area contributed by atoms with Gasteiger partial charge in [-0.3, -0.25) is 10.1 Å². The number of benzene rings is 1. The number of hydrogen-bond donors (Lipinski definition) is 3. The average Bonchev–Trinajstić information content (AvgIpc) is 3.02. The third-order valence-electron chi connectivity index (χ3n) is 3.76. The topological polar surface area (TPSA) is 101 Å². The highest BCUT2D eigenvalue weighted by atomic mass is 79.9. The van der Waals surface area contributed by atoms with Gasteiger partial charge in [0.2, 0.25) is 5.91 Å². The van der Waals surface area contributed by atoms with Crippen molar-refractivity contribution in [3.63, 3.8) is 0 Å². The lowest BCUT2D eigenvalue weighted by Gasteiger charge is -2.07. The fourth-order valence-corrected chi connectivity index (χ4v) is 3.49. The van der Waals surface area contributed by atoms with Gasteiger partial charge in [-0.05, 0) is 29.8 Å². The molecule has 2 amide bonds. The van der Waals surface area contributed by atoms with Crippen LogP contribution in [0.1, 0.15) is 11.1 Å². The summed E-state index contributed by atoms with van der Waals surface area (Å²) in [6, 6.07) is 6.92. The van der Waals surface area contributed by atoms with Crippen molar-refractivity contribution in [1.82, 2.24) is 10.3 Å². The molecule has 0 spiro atoms. The molecule has 1 aromatic carbocycles. The molecular formula is C18H15BrClN3O4. The van der Waals surface area contributed by atoms with Gasteiger partial charge in [-0.2, -0.15) is 0 Å². The van der Waals surface area contributed by atoms with Gasteiger partial charge in [0.25, 0.3) is 0 Å². The molecule has 0 radical (unpaired) electrons. The Hall–Kier alpha value is -2.58.